The molecule has 120 valence electrons. The Kier molecular flexibility index (Phi) is 5.28. The third-order valence-corrected chi connectivity index (χ3v) is 5.58. The van der Waals surface area contributed by atoms with Crippen LogP contribution < -0.4 is 4.72 Å². The molecule has 1 aromatic carbocycles. The maximum absolute atomic E-state index is 13.6. The molecule has 22 heavy (non-hydrogen) atoms. The summed E-state index contributed by atoms with van der Waals surface area (Å²) in [4.78, 5) is 2.31. The third-order valence-electron chi connectivity index (χ3n) is 3.15. The van der Waals surface area contributed by atoms with Gasteiger partial charge in [-0.25, -0.2) is 21.9 Å². The van der Waals surface area contributed by atoms with E-state index in [9.17, 15) is 17.2 Å². The molecule has 4 nitrogen and oxygen atoms in total. The molecule has 2 rings (SSSR count). The first kappa shape index (κ1) is 17.0. The van der Waals surface area contributed by atoms with Crippen molar-refractivity contribution in [3.8, 4) is 0 Å². The molecule has 0 bridgehead atoms. The maximum atomic E-state index is 13.6. The second kappa shape index (κ2) is 6.82. The standard InChI is InChI=1S/C14H16F2N2O2S2/c1-18(2)12(13-4-3-7-21-13)9-17-22(19,20)14-6-5-10(15)8-11(14)16/h3-8,12,17H,9H2,1-2H3. The molecule has 0 amide bonds. The number of benzene rings is 1. The van der Waals surface area contributed by atoms with E-state index in [1.165, 1.54) is 11.3 Å². The van der Waals surface area contributed by atoms with E-state index in [0.717, 1.165) is 17.0 Å². The van der Waals surface area contributed by atoms with Gasteiger partial charge in [0.25, 0.3) is 0 Å². The number of nitrogens with one attached hydrogen (secondary N) is 1. The van der Waals surface area contributed by atoms with Crippen LogP contribution in [0.1, 0.15) is 10.9 Å². The van der Waals surface area contributed by atoms with E-state index in [1.54, 1.807) is 0 Å². The lowest BCUT2D eigenvalue weighted by Gasteiger charge is -2.23. The molecule has 1 atom stereocenters. The molecule has 0 saturated carbocycles. The number of hydrogen-bond acceptors (Lipinski definition) is 4. The van der Waals surface area contributed by atoms with Crippen LogP contribution in [-0.4, -0.2) is 34.0 Å². The van der Waals surface area contributed by atoms with E-state index in [2.05, 4.69) is 4.72 Å². The number of nitrogens with zero attached hydrogens (tertiary/aromatic N) is 1. The largest absolute Gasteiger partial charge is 0.300 e. The molecule has 0 aliphatic heterocycles. The van der Waals surface area contributed by atoms with Crippen molar-refractivity contribution in [2.75, 3.05) is 20.6 Å². The molecule has 0 radical (unpaired) electrons. The summed E-state index contributed by atoms with van der Waals surface area (Å²) in [6.45, 7) is 0.0899. The fourth-order valence-corrected chi connectivity index (χ4v) is 4.00. The lowest BCUT2D eigenvalue weighted by Crippen LogP contribution is -2.34. The van der Waals surface area contributed by atoms with E-state index >= 15 is 0 Å². The minimum atomic E-state index is -4.04. The predicted molar refractivity (Wildman–Crippen MR) is 82.3 cm³/mol. The first-order valence-electron chi connectivity index (χ1n) is 6.46. The molecule has 0 fully saturated rings. The average molecular weight is 346 g/mol. The van der Waals surface area contributed by atoms with E-state index < -0.39 is 26.6 Å². The molecular formula is C14H16F2N2O2S2. The minimum Gasteiger partial charge on any atom is -0.300 e. The molecule has 0 aliphatic rings. The molecule has 0 aliphatic carbocycles. The monoisotopic (exact) mass is 346 g/mol. The van der Waals surface area contributed by atoms with Crippen molar-refractivity contribution in [2.45, 2.75) is 10.9 Å². The van der Waals surface area contributed by atoms with Gasteiger partial charge in [-0.3, -0.25) is 0 Å². The second-order valence-electron chi connectivity index (χ2n) is 4.92. The maximum Gasteiger partial charge on any atom is 0.243 e. The van der Waals surface area contributed by atoms with Crippen molar-refractivity contribution in [3.05, 3.63) is 52.2 Å². The van der Waals surface area contributed by atoms with Crippen molar-refractivity contribution in [1.82, 2.24) is 9.62 Å². The van der Waals surface area contributed by atoms with Gasteiger partial charge in [0.2, 0.25) is 10.0 Å². The Hall–Kier alpha value is -1.35. The van der Waals surface area contributed by atoms with Crippen molar-refractivity contribution < 1.29 is 17.2 Å². The zero-order chi connectivity index (χ0) is 16.3. The van der Waals surface area contributed by atoms with E-state index in [0.29, 0.717) is 6.07 Å². The molecule has 8 heteroatoms. The quantitative estimate of drug-likeness (QED) is 0.875. The number of sulfonamides is 1. The van der Waals surface area contributed by atoms with E-state index in [1.807, 2.05) is 36.5 Å². The van der Waals surface area contributed by atoms with Crippen LogP contribution in [0.3, 0.4) is 0 Å². The highest BCUT2D eigenvalue weighted by Crippen LogP contribution is 2.23. The highest BCUT2D eigenvalue weighted by molar-refractivity contribution is 7.89. The lowest BCUT2D eigenvalue weighted by molar-refractivity contribution is 0.303. The number of thiophene rings is 1. The zero-order valence-electron chi connectivity index (χ0n) is 12.1. The fraction of sp³-hybridized carbons (Fsp3) is 0.286. The smallest absolute Gasteiger partial charge is 0.243 e. The normalized spacial score (nSPS) is 13.5. The summed E-state index contributed by atoms with van der Waals surface area (Å²) in [7, 11) is -0.380. The van der Waals surface area contributed by atoms with Crippen LogP contribution >= 0.6 is 11.3 Å². The van der Waals surface area contributed by atoms with Crippen LogP contribution in [0.5, 0.6) is 0 Å². The summed E-state index contributed by atoms with van der Waals surface area (Å²) >= 11 is 1.51. The molecule has 1 unspecified atom stereocenters. The SMILES string of the molecule is CN(C)C(CNS(=O)(=O)c1ccc(F)cc1F)c1cccs1. The Balaban J connectivity index is 2.18. The highest BCUT2D eigenvalue weighted by Gasteiger charge is 2.23. The summed E-state index contributed by atoms with van der Waals surface area (Å²) in [5.74, 6) is -1.92. The Labute approximate surface area is 132 Å². The van der Waals surface area contributed by atoms with Crippen molar-refractivity contribution in [1.29, 1.82) is 0 Å². The van der Waals surface area contributed by atoms with Crippen molar-refractivity contribution in [2.24, 2.45) is 0 Å². The highest BCUT2D eigenvalue weighted by atomic mass is 32.2. The summed E-state index contributed by atoms with van der Waals surface area (Å²) < 4.78 is 53.2. The first-order valence-corrected chi connectivity index (χ1v) is 8.82. The number of hydrogen-bond donors (Lipinski definition) is 1. The second-order valence-corrected chi connectivity index (χ2v) is 7.64. The first-order chi connectivity index (χ1) is 10.3. The van der Waals surface area contributed by atoms with Crippen LogP contribution in [0.25, 0.3) is 0 Å². The van der Waals surface area contributed by atoms with E-state index in [-0.39, 0.29) is 12.6 Å². The molecule has 1 N–H and O–H groups in total. The summed E-state index contributed by atoms with van der Waals surface area (Å²) in [5.41, 5.74) is 0. The van der Waals surface area contributed by atoms with Crippen LogP contribution in [0, 0.1) is 11.6 Å². The molecule has 1 heterocycles. The van der Waals surface area contributed by atoms with Gasteiger partial charge in [-0.1, -0.05) is 6.07 Å². The zero-order valence-corrected chi connectivity index (χ0v) is 13.7. The number of likely N-dealkylation sites (N-methyl/N-ethyl adjacent to an activating group) is 1. The summed E-state index contributed by atoms with van der Waals surface area (Å²) in [5, 5.41) is 1.90. The molecule has 2 aromatic rings. The Morgan fingerprint density at radius 2 is 2.00 bits per heavy atom. The van der Waals surface area contributed by atoms with Crippen molar-refractivity contribution in [3.63, 3.8) is 0 Å². The van der Waals surface area contributed by atoms with Crippen LogP contribution in [0.15, 0.2) is 40.6 Å². The van der Waals surface area contributed by atoms with Gasteiger partial charge >= 0.3 is 0 Å². The van der Waals surface area contributed by atoms with Crippen molar-refractivity contribution >= 4 is 21.4 Å². The third kappa shape index (κ3) is 3.89. The minimum absolute atomic E-state index is 0.0899. The lowest BCUT2D eigenvalue weighted by atomic mass is 10.2. The van der Waals surface area contributed by atoms with E-state index in [4.69, 9.17) is 0 Å². The van der Waals surface area contributed by atoms with Crippen LogP contribution in [0.2, 0.25) is 0 Å². The van der Waals surface area contributed by atoms with Gasteiger partial charge in [-0.05, 0) is 37.7 Å². The van der Waals surface area contributed by atoms with Gasteiger partial charge in [0.1, 0.15) is 16.5 Å². The fourth-order valence-electron chi connectivity index (χ4n) is 1.98. The summed E-state index contributed by atoms with van der Waals surface area (Å²) in [6.07, 6.45) is 0. The Bertz CT molecular complexity index is 731. The van der Waals surface area contributed by atoms with Gasteiger partial charge in [-0.2, -0.15) is 0 Å². The van der Waals surface area contributed by atoms with Crippen LogP contribution in [0.4, 0.5) is 8.78 Å². The van der Waals surface area contributed by atoms with Gasteiger partial charge < -0.3 is 4.90 Å². The number of halogens is 2. The predicted octanol–water partition coefficient (Wildman–Crippen LogP) is 2.61. The molecule has 0 saturated heterocycles. The number of rotatable bonds is 6. The van der Waals surface area contributed by atoms with Crippen LogP contribution in [-0.2, 0) is 10.0 Å². The molecule has 0 spiro atoms. The Morgan fingerprint density at radius 1 is 1.27 bits per heavy atom. The Morgan fingerprint density at radius 3 is 2.55 bits per heavy atom. The topological polar surface area (TPSA) is 49.4 Å². The van der Waals surface area contributed by atoms with Gasteiger partial charge in [0, 0.05) is 17.5 Å². The van der Waals surface area contributed by atoms with Gasteiger partial charge in [0.05, 0.1) is 6.04 Å². The van der Waals surface area contributed by atoms with Gasteiger partial charge in [-0.15, -0.1) is 11.3 Å². The molecular weight excluding hydrogens is 330 g/mol. The summed E-state index contributed by atoms with van der Waals surface area (Å²) in [6, 6.07) is 6.01. The van der Waals surface area contributed by atoms with Gasteiger partial charge in [0.15, 0.2) is 0 Å². The molecule has 1 aromatic heterocycles. The average Bonchev–Trinajstić information content (AvgIpc) is 2.91.